The Bertz CT molecular complexity index is 1400. The zero-order valence-corrected chi connectivity index (χ0v) is 18.3. The van der Waals surface area contributed by atoms with Crippen molar-refractivity contribution < 1.29 is 8.42 Å². The molecule has 0 aliphatic carbocycles. The Labute approximate surface area is 184 Å². The molecular formula is C21H19ClN6O2S. The molecule has 0 aliphatic rings. The smallest absolute Gasteiger partial charge is 0.269 e. The second-order valence-corrected chi connectivity index (χ2v) is 8.98. The highest BCUT2D eigenvalue weighted by Crippen LogP contribution is 2.29. The molecule has 0 fully saturated rings. The Hall–Kier alpha value is -3.43. The van der Waals surface area contributed by atoms with Gasteiger partial charge in [0.2, 0.25) is 5.28 Å². The molecular weight excluding hydrogens is 436 g/mol. The van der Waals surface area contributed by atoms with E-state index in [4.69, 9.17) is 17.0 Å². The number of hydrogen-bond donors (Lipinski definition) is 3. The summed E-state index contributed by atoms with van der Waals surface area (Å²) >= 11 is 6.13. The molecule has 0 radical (unpaired) electrons. The van der Waals surface area contributed by atoms with E-state index < -0.39 is 10.0 Å². The van der Waals surface area contributed by atoms with E-state index in [0.717, 1.165) is 15.2 Å². The van der Waals surface area contributed by atoms with Gasteiger partial charge in [0.05, 0.1) is 10.3 Å². The summed E-state index contributed by atoms with van der Waals surface area (Å²) in [7, 11) is -2.08. The lowest BCUT2D eigenvalue weighted by atomic mass is 10.1. The third-order valence-electron chi connectivity index (χ3n) is 4.80. The van der Waals surface area contributed by atoms with E-state index in [0.29, 0.717) is 22.5 Å². The highest BCUT2D eigenvalue weighted by molar-refractivity contribution is 7.90. The minimum absolute atomic E-state index is 0.0896. The lowest BCUT2D eigenvalue weighted by Gasteiger charge is -2.11. The summed E-state index contributed by atoms with van der Waals surface area (Å²) in [4.78, 5) is 8.55. The SMILES string of the molecule is CNc1ccc(Nc2nc(Cl)nc3c2ccn3S(=O)(=O)c2ccc(C)cc2)cc1C=N. The van der Waals surface area contributed by atoms with Gasteiger partial charge < -0.3 is 16.0 Å². The third-order valence-corrected chi connectivity index (χ3v) is 6.65. The quantitative estimate of drug-likeness (QED) is 0.294. The number of nitrogens with zero attached hydrogens (tertiary/aromatic N) is 3. The van der Waals surface area contributed by atoms with Gasteiger partial charge in [0.15, 0.2) is 5.65 Å². The molecule has 2 aromatic heterocycles. The van der Waals surface area contributed by atoms with Crippen molar-refractivity contribution in [3.63, 3.8) is 0 Å². The number of halogens is 1. The molecule has 0 amide bonds. The third kappa shape index (κ3) is 3.85. The summed E-state index contributed by atoms with van der Waals surface area (Å²) in [5, 5.41) is 14.2. The van der Waals surface area contributed by atoms with Crippen molar-refractivity contribution in [3.8, 4) is 0 Å². The lowest BCUT2D eigenvalue weighted by molar-refractivity contribution is 0.588. The predicted molar refractivity (Wildman–Crippen MR) is 123 cm³/mol. The van der Waals surface area contributed by atoms with Crippen LogP contribution < -0.4 is 10.6 Å². The molecule has 2 aromatic carbocycles. The van der Waals surface area contributed by atoms with Gasteiger partial charge in [-0.2, -0.15) is 9.97 Å². The molecule has 0 atom stereocenters. The van der Waals surface area contributed by atoms with Gasteiger partial charge in [-0.05, 0) is 54.9 Å². The summed E-state index contributed by atoms with van der Waals surface area (Å²) in [5.74, 6) is 0.362. The highest BCUT2D eigenvalue weighted by Gasteiger charge is 2.22. The van der Waals surface area contributed by atoms with E-state index >= 15 is 0 Å². The average molecular weight is 455 g/mol. The van der Waals surface area contributed by atoms with E-state index in [9.17, 15) is 8.42 Å². The second kappa shape index (κ2) is 8.01. The summed E-state index contributed by atoms with van der Waals surface area (Å²) in [6, 6.07) is 13.6. The van der Waals surface area contributed by atoms with Gasteiger partial charge in [-0.15, -0.1) is 0 Å². The first-order valence-corrected chi connectivity index (χ1v) is 11.1. The van der Waals surface area contributed by atoms with Crippen LogP contribution in [0.15, 0.2) is 59.6 Å². The van der Waals surface area contributed by atoms with Crippen molar-refractivity contribution in [3.05, 3.63) is 71.1 Å². The normalized spacial score (nSPS) is 11.5. The molecule has 31 heavy (non-hydrogen) atoms. The van der Waals surface area contributed by atoms with Gasteiger partial charge in [-0.3, -0.25) is 0 Å². The molecule has 158 valence electrons. The minimum atomic E-state index is -3.86. The number of benzene rings is 2. The van der Waals surface area contributed by atoms with Gasteiger partial charge in [0.1, 0.15) is 5.82 Å². The molecule has 3 N–H and O–H groups in total. The summed E-state index contributed by atoms with van der Waals surface area (Å²) in [5.41, 5.74) is 3.29. The maximum absolute atomic E-state index is 13.2. The van der Waals surface area contributed by atoms with Crippen LogP contribution in [0.2, 0.25) is 5.28 Å². The first-order valence-electron chi connectivity index (χ1n) is 9.29. The van der Waals surface area contributed by atoms with Gasteiger partial charge in [0.25, 0.3) is 10.0 Å². The van der Waals surface area contributed by atoms with Crippen molar-refractivity contribution in [2.45, 2.75) is 11.8 Å². The number of anilines is 3. The Kier molecular flexibility index (Phi) is 5.38. The fourth-order valence-corrected chi connectivity index (χ4v) is 4.66. The van der Waals surface area contributed by atoms with Crippen LogP contribution in [-0.2, 0) is 10.0 Å². The number of aromatic nitrogens is 3. The summed E-state index contributed by atoms with van der Waals surface area (Å²) in [6.07, 6.45) is 2.67. The van der Waals surface area contributed by atoms with E-state index in [1.54, 1.807) is 43.4 Å². The number of rotatable bonds is 6. The van der Waals surface area contributed by atoms with Crippen molar-refractivity contribution >= 4 is 56.1 Å². The zero-order chi connectivity index (χ0) is 22.2. The molecule has 0 spiro atoms. The summed E-state index contributed by atoms with van der Waals surface area (Å²) in [6.45, 7) is 1.89. The molecule has 2 heterocycles. The van der Waals surface area contributed by atoms with Gasteiger partial charge >= 0.3 is 0 Å². The standard InChI is InChI=1S/C21H19ClN6O2S/c1-13-3-6-16(7-4-13)31(29,30)28-10-9-17-19(26-21(22)27-20(17)28)25-15-5-8-18(24-2)14(11-15)12-23/h3-12,23-24H,1-2H3,(H,25,26,27). The molecule has 0 bridgehead atoms. The van der Waals surface area contributed by atoms with Crippen LogP contribution in [0.5, 0.6) is 0 Å². The number of hydrogen-bond acceptors (Lipinski definition) is 7. The molecule has 0 saturated heterocycles. The van der Waals surface area contributed by atoms with Crippen molar-refractivity contribution in [1.29, 1.82) is 5.41 Å². The minimum Gasteiger partial charge on any atom is -0.388 e. The van der Waals surface area contributed by atoms with Crippen LogP contribution in [0.4, 0.5) is 17.2 Å². The average Bonchev–Trinajstić information content (AvgIpc) is 3.18. The Morgan fingerprint density at radius 1 is 1.10 bits per heavy atom. The Morgan fingerprint density at radius 2 is 1.84 bits per heavy atom. The first-order chi connectivity index (χ1) is 14.8. The monoisotopic (exact) mass is 454 g/mol. The molecule has 0 aliphatic heterocycles. The zero-order valence-electron chi connectivity index (χ0n) is 16.7. The van der Waals surface area contributed by atoms with Gasteiger partial charge in [0, 0.05) is 36.4 Å². The highest BCUT2D eigenvalue weighted by atomic mass is 35.5. The molecule has 10 heteroatoms. The first kappa shape index (κ1) is 20.8. The molecule has 4 rings (SSSR count). The lowest BCUT2D eigenvalue weighted by Crippen LogP contribution is -2.13. The second-order valence-electron chi connectivity index (χ2n) is 6.83. The largest absolute Gasteiger partial charge is 0.388 e. The van der Waals surface area contributed by atoms with Gasteiger partial charge in [-0.25, -0.2) is 12.4 Å². The molecule has 0 unspecified atom stereocenters. The van der Waals surface area contributed by atoms with Gasteiger partial charge in [-0.1, -0.05) is 17.7 Å². The number of aryl methyl sites for hydroxylation is 1. The van der Waals surface area contributed by atoms with Crippen LogP contribution in [0.25, 0.3) is 11.0 Å². The maximum atomic E-state index is 13.2. The molecule has 0 saturated carbocycles. The Balaban J connectivity index is 1.80. The van der Waals surface area contributed by atoms with Crippen LogP contribution >= 0.6 is 11.6 Å². The Morgan fingerprint density at radius 3 is 2.52 bits per heavy atom. The van der Waals surface area contributed by atoms with Crippen LogP contribution in [0, 0.1) is 12.3 Å². The molecule has 4 aromatic rings. The van der Waals surface area contributed by atoms with Crippen molar-refractivity contribution in [1.82, 2.24) is 13.9 Å². The van der Waals surface area contributed by atoms with Crippen molar-refractivity contribution in [2.24, 2.45) is 0 Å². The summed E-state index contributed by atoms with van der Waals surface area (Å²) < 4.78 is 27.4. The fourth-order valence-electron chi connectivity index (χ4n) is 3.20. The van der Waals surface area contributed by atoms with E-state index in [1.807, 2.05) is 19.1 Å². The van der Waals surface area contributed by atoms with E-state index in [2.05, 4.69) is 20.6 Å². The van der Waals surface area contributed by atoms with Crippen LogP contribution in [0.3, 0.4) is 0 Å². The van der Waals surface area contributed by atoms with Crippen molar-refractivity contribution in [2.75, 3.05) is 17.7 Å². The maximum Gasteiger partial charge on any atom is 0.269 e. The van der Waals surface area contributed by atoms with E-state index in [1.165, 1.54) is 12.4 Å². The van der Waals surface area contributed by atoms with E-state index in [-0.39, 0.29) is 15.8 Å². The van der Waals surface area contributed by atoms with Crippen LogP contribution in [0.1, 0.15) is 11.1 Å². The number of nitrogens with one attached hydrogen (secondary N) is 3. The number of fused-ring (bicyclic) bond motifs is 1. The van der Waals surface area contributed by atoms with Crippen LogP contribution in [-0.4, -0.2) is 35.6 Å². The predicted octanol–water partition coefficient (Wildman–Crippen LogP) is 4.41. The topological polar surface area (TPSA) is 113 Å². The molecule has 8 nitrogen and oxygen atoms in total. The fraction of sp³-hybridized carbons (Fsp3) is 0.0952.